The number of aromatic nitrogens is 2. The summed E-state index contributed by atoms with van der Waals surface area (Å²) in [5.41, 5.74) is 1.07. The fourth-order valence-corrected chi connectivity index (χ4v) is 6.00. The number of piperidine rings is 1. The van der Waals surface area contributed by atoms with Gasteiger partial charge in [0.05, 0.1) is 17.6 Å². The number of fused-ring (bicyclic) bond motifs is 3. The van der Waals surface area contributed by atoms with Gasteiger partial charge in [0.2, 0.25) is 5.69 Å². The highest BCUT2D eigenvalue weighted by Crippen LogP contribution is 2.43. The third kappa shape index (κ3) is 3.71. The zero-order valence-electron chi connectivity index (χ0n) is 18.2. The van der Waals surface area contributed by atoms with E-state index in [2.05, 4.69) is 22.0 Å². The quantitative estimate of drug-likeness (QED) is 0.546. The van der Waals surface area contributed by atoms with Crippen LogP contribution in [-0.4, -0.2) is 45.2 Å². The molecule has 6 heteroatoms. The second kappa shape index (κ2) is 8.58. The van der Waals surface area contributed by atoms with Crippen molar-refractivity contribution < 1.29 is 9.53 Å². The summed E-state index contributed by atoms with van der Waals surface area (Å²) >= 11 is 0. The maximum absolute atomic E-state index is 13.4. The standard InChI is InChI=1S/C25H31N3O3/c1-2-31-25(30)23-24(29)28(22-12-8-7-11-21(22)26-23)20-15-18-13-14-19(16-20)27(18)17-9-5-3-4-6-10-17/h5,7-9,11-12,17-20H,2-4,6,10,13-16H2,1H3/t17?,18-,19+,20?. The minimum Gasteiger partial charge on any atom is -0.461 e. The van der Waals surface area contributed by atoms with Crippen molar-refractivity contribution in [3.05, 3.63) is 52.5 Å². The molecule has 2 unspecified atom stereocenters. The summed E-state index contributed by atoms with van der Waals surface area (Å²) in [5.74, 6) is -0.629. The van der Waals surface area contributed by atoms with Gasteiger partial charge in [-0.3, -0.25) is 9.69 Å². The number of para-hydroxylation sites is 2. The van der Waals surface area contributed by atoms with Crippen LogP contribution in [0.15, 0.2) is 41.2 Å². The van der Waals surface area contributed by atoms with Crippen LogP contribution in [0.25, 0.3) is 11.0 Å². The molecule has 2 aliphatic heterocycles. The molecular weight excluding hydrogens is 390 g/mol. The van der Waals surface area contributed by atoms with Crippen LogP contribution >= 0.6 is 0 Å². The number of allylic oxidation sites excluding steroid dienone is 1. The summed E-state index contributed by atoms with van der Waals surface area (Å²) in [6.07, 6.45) is 14.0. The predicted molar refractivity (Wildman–Crippen MR) is 120 cm³/mol. The van der Waals surface area contributed by atoms with Crippen LogP contribution in [0.1, 0.15) is 74.8 Å². The molecule has 0 saturated carbocycles. The zero-order valence-corrected chi connectivity index (χ0v) is 18.2. The van der Waals surface area contributed by atoms with Crippen molar-refractivity contribution >= 4 is 17.0 Å². The van der Waals surface area contributed by atoms with Crippen molar-refractivity contribution in [1.82, 2.24) is 14.5 Å². The van der Waals surface area contributed by atoms with Crippen molar-refractivity contribution in [2.24, 2.45) is 0 Å². The van der Waals surface area contributed by atoms with E-state index in [4.69, 9.17) is 4.74 Å². The Morgan fingerprint density at radius 1 is 1.10 bits per heavy atom. The minimum absolute atomic E-state index is 0.0806. The Bertz CT molecular complexity index is 1050. The topological polar surface area (TPSA) is 64.4 Å². The molecule has 5 rings (SSSR count). The second-order valence-corrected chi connectivity index (χ2v) is 9.08. The van der Waals surface area contributed by atoms with Crippen LogP contribution in [0.4, 0.5) is 0 Å². The minimum atomic E-state index is -0.629. The Hall–Kier alpha value is -2.47. The number of hydrogen-bond donors (Lipinski definition) is 0. The van der Waals surface area contributed by atoms with Gasteiger partial charge in [-0.05, 0) is 64.0 Å². The predicted octanol–water partition coefficient (Wildman–Crippen LogP) is 4.24. The largest absolute Gasteiger partial charge is 0.461 e. The fourth-order valence-electron chi connectivity index (χ4n) is 6.00. The van der Waals surface area contributed by atoms with E-state index in [0.29, 0.717) is 23.6 Å². The van der Waals surface area contributed by atoms with E-state index >= 15 is 0 Å². The lowest BCUT2D eigenvalue weighted by molar-refractivity contribution is 0.0514. The van der Waals surface area contributed by atoms with Gasteiger partial charge in [0.25, 0.3) is 5.56 Å². The first-order valence-corrected chi connectivity index (χ1v) is 11.8. The molecule has 0 spiro atoms. The monoisotopic (exact) mass is 421 g/mol. The molecule has 1 aliphatic carbocycles. The van der Waals surface area contributed by atoms with Crippen molar-refractivity contribution in [3.63, 3.8) is 0 Å². The van der Waals surface area contributed by atoms with Crippen molar-refractivity contribution in [2.45, 2.75) is 82.5 Å². The lowest BCUT2D eigenvalue weighted by atomic mass is 9.93. The fraction of sp³-hybridized carbons (Fsp3) is 0.560. The average molecular weight is 422 g/mol. The summed E-state index contributed by atoms with van der Waals surface area (Å²) in [4.78, 5) is 33.0. The van der Waals surface area contributed by atoms with Gasteiger partial charge in [-0.1, -0.05) is 30.7 Å². The van der Waals surface area contributed by atoms with Crippen LogP contribution in [0.3, 0.4) is 0 Å². The van der Waals surface area contributed by atoms with Crippen molar-refractivity contribution in [3.8, 4) is 0 Å². The highest BCUT2D eigenvalue weighted by Gasteiger charge is 2.44. The number of carbonyl (C=O) groups excluding carboxylic acids is 1. The van der Waals surface area contributed by atoms with Gasteiger partial charge in [0, 0.05) is 24.2 Å². The summed E-state index contributed by atoms with van der Waals surface area (Å²) in [5, 5.41) is 0. The smallest absolute Gasteiger partial charge is 0.362 e. The maximum Gasteiger partial charge on any atom is 0.362 e. The molecule has 1 aromatic heterocycles. The van der Waals surface area contributed by atoms with Gasteiger partial charge >= 0.3 is 5.97 Å². The number of hydrogen-bond acceptors (Lipinski definition) is 5. The van der Waals surface area contributed by atoms with Crippen molar-refractivity contribution in [2.75, 3.05) is 6.61 Å². The normalized spacial score (nSPS) is 28.5. The zero-order chi connectivity index (χ0) is 21.4. The number of rotatable bonds is 4. The Balaban J connectivity index is 1.51. The molecule has 3 aliphatic rings. The molecule has 4 atom stereocenters. The molecule has 2 bridgehead atoms. The van der Waals surface area contributed by atoms with Crippen molar-refractivity contribution in [1.29, 1.82) is 0 Å². The molecule has 0 amide bonds. The third-order valence-electron chi connectivity index (χ3n) is 7.26. The molecule has 3 heterocycles. The van der Waals surface area contributed by atoms with Gasteiger partial charge < -0.3 is 9.30 Å². The van der Waals surface area contributed by atoms with E-state index in [1.807, 2.05) is 28.8 Å². The van der Waals surface area contributed by atoms with E-state index in [9.17, 15) is 9.59 Å². The van der Waals surface area contributed by atoms with Gasteiger partial charge in [0.1, 0.15) is 0 Å². The Kier molecular flexibility index (Phi) is 5.65. The number of esters is 1. The molecule has 0 N–H and O–H groups in total. The SMILES string of the molecule is CCOC(=O)c1nc2ccccc2n(C2C[C@H]3CC[C@@H](C2)N3C2C=CCCCC2)c1=O. The third-order valence-corrected chi connectivity index (χ3v) is 7.26. The average Bonchev–Trinajstić information content (AvgIpc) is 2.96. The second-order valence-electron chi connectivity index (χ2n) is 9.08. The van der Waals surface area contributed by atoms with Crippen LogP contribution in [0.5, 0.6) is 0 Å². The van der Waals surface area contributed by atoms with Crippen LogP contribution in [-0.2, 0) is 4.74 Å². The Morgan fingerprint density at radius 3 is 2.65 bits per heavy atom. The number of nitrogens with zero attached hydrogens (tertiary/aromatic N) is 3. The molecule has 164 valence electrons. The lowest BCUT2D eigenvalue weighted by Crippen LogP contribution is -2.49. The molecular formula is C25H31N3O3. The van der Waals surface area contributed by atoms with E-state index in [1.54, 1.807) is 6.92 Å². The van der Waals surface area contributed by atoms with E-state index in [1.165, 1.54) is 38.5 Å². The number of carbonyl (C=O) groups is 1. The summed E-state index contributed by atoms with van der Waals surface area (Å²) in [7, 11) is 0. The summed E-state index contributed by atoms with van der Waals surface area (Å²) < 4.78 is 6.98. The van der Waals surface area contributed by atoms with Crippen LogP contribution < -0.4 is 5.56 Å². The molecule has 2 fully saturated rings. The number of ether oxygens (including phenoxy) is 1. The molecule has 31 heavy (non-hydrogen) atoms. The van der Waals surface area contributed by atoms with Crippen LogP contribution in [0, 0.1) is 0 Å². The first-order chi connectivity index (χ1) is 15.2. The summed E-state index contributed by atoms with van der Waals surface area (Å²) in [6, 6.07) is 9.23. The summed E-state index contributed by atoms with van der Waals surface area (Å²) in [6.45, 7) is 1.97. The molecule has 2 saturated heterocycles. The van der Waals surface area contributed by atoms with Gasteiger partial charge in [-0.2, -0.15) is 0 Å². The maximum atomic E-state index is 13.4. The lowest BCUT2D eigenvalue weighted by Gasteiger charge is -2.43. The highest BCUT2D eigenvalue weighted by atomic mass is 16.5. The molecule has 2 aromatic rings. The van der Waals surface area contributed by atoms with Crippen LogP contribution in [0.2, 0.25) is 0 Å². The first-order valence-electron chi connectivity index (χ1n) is 11.8. The molecule has 6 nitrogen and oxygen atoms in total. The van der Waals surface area contributed by atoms with Gasteiger partial charge in [-0.25, -0.2) is 9.78 Å². The van der Waals surface area contributed by atoms with Gasteiger partial charge in [-0.15, -0.1) is 0 Å². The Morgan fingerprint density at radius 2 is 1.87 bits per heavy atom. The number of benzene rings is 1. The van der Waals surface area contributed by atoms with E-state index in [0.717, 1.165) is 18.4 Å². The molecule has 1 aromatic carbocycles. The first kappa shape index (κ1) is 20.4. The van der Waals surface area contributed by atoms with E-state index in [-0.39, 0.29) is 23.9 Å². The van der Waals surface area contributed by atoms with Gasteiger partial charge in [0.15, 0.2) is 0 Å². The van der Waals surface area contributed by atoms with E-state index < -0.39 is 5.97 Å². The Labute approximate surface area is 182 Å². The molecule has 0 radical (unpaired) electrons. The highest BCUT2D eigenvalue weighted by molar-refractivity contribution is 5.89.